The third-order valence-electron chi connectivity index (χ3n) is 4.21. The second-order valence-corrected chi connectivity index (χ2v) is 5.32. The lowest BCUT2D eigenvalue weighted by Gasteiger charge is -2.36. The van der Waals surface area contributed by atoms with Crippen molar-refractivity contribution >= 4 is 5.91 Å². The maximum atomic E-state index is 11.3. The maximum absolute atomic E-state index is 11.3. The van der Waals surface area contributed by atoms with E-state index in [1.807, 2.05) is 11.6 Å². The second kappa shape index (κ2) is 4.94. The van der Waals surface area contributed by atoms with Gasteiger partial charge in [-0.15, -0.1) is 0 Å². The normalized spacial score (nSPS) is 21.3. The summed E-state index contributed by atoms with van der Waals surface area (Å²) >= 11 is 0. The Hall–Kier alpha value is -1.40. The van der Waals surface area contributed by atoms with Crippen LogP contribution < -0.4 is 5.73 Å². The van der Waals surface area contributed by atoms with Crippen molar-refractivity contribution < 1.29 is 9.53 Å². The topological polar surface area (TPSA) is 73.4 Å². The summed E-state index contributed by atoms with van der Waals surface area (Å²) in [5.74, 6) is -0.0756. The molecule has 0 spiro atoms. The average Bonchev–Trinajstić information content (AvgIpc) is 2.77. The summed E-state index contributed by atoms with van der Waals surface area (Å²) in [5, 5.41) is 0. The first-order valence-electron chi connectivity index (χ1n) is 6.83. The van der Waals surface area contributed by atoms with Gasteiger partial charge in [0.15, 0.2) is 5.82 Å². The van der Waals surface area contributed by atoms with Crippen LogP contribution in [0.2, 0.25) is 0 Å². The van der Waals surface area contributed by atoms with Crippen molar-refractivity contribution in [3.63, 3.8) is 0 Å². The number of imidazole rings is 1. The van der Waals surface area contributed by atoms with E-state index in [0.717, 1.165) is 57.0 Å². The number of carbonyl (C=O) groups is 1. The minimum absolute atomic E-state index is 0.374. The molecule has 104 valence electrons. The molecule has 1 aromatic heterocycles. The van der Waals surface area contributed by atoms with E-state index in [-0.39, 0.29) is 0 Å². The summed E-state index contributed by atoms with van der Waals surface area (Å²) in [7, 11) is 1.87. The highest BCUT2D eigenvalue weighted by Gasteiger charge is 2.29. The number of nitrogens with two attached hydrogens (primary N) is 1. The SMILES string of the molecule is Cn1c(C(N)=O)nc2c1CCN(C1CCOCC1)C2. The van der Waals surface area contributed by atoms with Gasteiger partial charge in [-0.1, -0.05) is 0 Å². The maximum Gasteiger partial charge on any atom is 0.284 e. The lowest BCUT2D eigenvalue weighted by atomic mass is 10.0. The number of fused-ring (bicyclic) bond motifs is 1. The summed E-state index contributed by atoms with van der Waals surface area (Å²) < 4.78 is 7.25. The number of primary amides is 1. The Morgan fingerprint density at radius 3 is 2.84 bits per heavy atom. The first kappa shape index (κ1) is 12.6. The molecule has 0 aromatic carbocycles. The van der Waals surface area contributed by atoms with E-state index in [4.69, 9.17) is 10.5 Å². The van der Waals surface area contributed by atoms with Crippen LogP contribution in [-0.2, 0) is 24.8 Å². The molecule has 3 rings (SSSR count). The largest absolute Gasteiger partial charge is 0.381 e. The number of aromatic nitrogens is 2. The molecule has 0 aliphatic carbocycles. The van der Waals surface area contributed by atoms with E-state index in [9.17, 15) is 4.79 Å². The molecule has 2 aliphatic rings. The van der Waals surface area contributed by atoms with Crippen molar-refractivity contribution in [3.05, 3.63) is 17.2 Å². The van der Waals surface area contributed by atoms with Crippen molar-refractivity contribution in [1.29, 1.82) is 0 Å². The molecule has 0 unspecified atom stereocenters. The molecule has 1 fully saturated rings. The van der Waals surface area contributed by atoms with Crippen molar-refractivity contribution in [2.75, 3.05) is 19.8 Å². The van der Waals surface area contributed by atoms with Gasteiger partial charge in [-0.3, -0.25) is 9.69 Å². The third kappa shape index (κ3) is 2.26. The van der Waals surface area contributed by atoms with E-state index in [0.29, 0.717) is 11.9 Å². The van der Waals surface area contributed by atoms with E-state index in [2.05, 4.69) is 9.88 Å². The number of hydrogen-bond donors (Lipinski definition) is 1. The number of hydrogen-bond acceptors (Lipinski definition) is 4. The molecular formula is C13H20N4O2. The number of ether oxygens (including phenoxy) is 1. The highest BCUT2D eigenvalue weighted by molar-refractivity contribution is 5.89. The molecule has 0 saturated carbocycles. The minimum Gasteiger partial charge on any atom is -0.381 e. The fourth-order valence-electron chi connectivity index (χ4n) is 3.13. The van der Waals surface area contributed by atoms with Crippen LogP contribution in [0, 0.1) is 0 Å². The van der Waals surface area contributed by atoms with Crippen LogP contribution in [0.5, 0.6) is 0 Å². The zero-order valence-corrected chi connectivity index (χ0v) is 11.3. The molecule has 2 aliphatic heterocycles. The highest BCUT2D eigenvalue weighted by atomic mass is 16.5. The molecule has 2 N–H and O–H groups in total. The summed E-state index contributed by atoms with van der Waals surface area (Å²) in [4.78, 5) is 18.2. The molecule has 0 atom stereocenters. The number of nitrogens with zero attached hydrogens (tertiary/aromatic N) is 3. The summed E-state index contributed by atoms with van der Waals surface area (Å²) in [6, 6.07) is 0.584. The van der Waals surface area contributed by atoms with Crippen LogP contribution in [0.15, 0.2) is 0 Å². The van der Waals surface area contributed by atoms with E-state index in [1.165, 1.54) is 0 Å². The number of carbonyl (C=O) groups excluding carboxylic acids is 1. The molecular weight excluding hydrogens is 244 g/mol. The second-order valence-electron chi connectivity index (χ2n) is 5.32. The van der Waals surface area contributed by atoms with Gasteiger partial charge in [-0.05, 0) is 12.8 Å². The fourth-order valence-corrected chi connectivity index (χ4v) is 3.13. The van der Waals surface area contributed by atoms with Gasteiger partial charge in [0.25, 0.3) is 5.91 Å². The monoisotopic (exact) mass is 264 g/mol. The molecule has 1 amide bonds. The van der Waals surface area contributed by atoms with Crippen LogP contribution in [0.4, 0.5) is 0 Å². The quantitative estimate of drug-likeness (QED) is 0.819. The van der Waals surface area contributed by atoms with Gasteiger partial charge in [0.1, 0.15) is 0 Å². The predicted molar refractivity (Wildman–Crippen MR) is 69.7 cm³/mol. The Balaban J connectivity index is 1.79. The van der Waals surface area contributed by atoms with Gasteiger partial charge < -0.3 is 15.0 Å². The van der Waals surface area contributed by atoms with Crippen LogP contribution in [-0.4, -0.2) is 46.2 Å². The van der Waals surface area contributed by atoms with Gasteiger partial charge in [0, 0.05) is 51.5 Å². The standard InChI is InChI=1S/C13H20N4O2/c1-16-11-2-5-17(9-3-6-19-7-4-9)8-10(11)15-13(16)12(14)18/h9H,2-8H2,1H3,(H2,14,18). The van der Waals surface area contributed by atoms with Gasteiger partial charge in [0.05, 0.1) is 5.69 Å². The minimum atomic E-state index is -0.450. The van der Waals surface area contributed by atoms with Gasteiger partial charge in [-0.2, -0.15) is 0 Å². The Bertz CT molecular complexity index is 491. The lowest BCUT2D eigenvalue weighted by molar-refractivity contribution is 0.0283. The molecule has 0 radical (unpaired) electrons. The molecule has 0 bridgehead atoms. The lowest BCUT2D eigenvalue weighted by Crippen LogP contribution is -2.42. The summed E-state index contributed by atoms with van der Waals surface area (Å²) in [5.41, 5.74) is 7.51. The van der Waals surface area contributed by atoms with E-state index < -0.39 is 5.91 Å². The Morgan fingerprint density at radius 2 is 2.16 bits per heavy atom. The molecule has 6 heteroatoms. The zero-order chi connectivity index (χ0) is 13.4. The van der Waals surface area contributed by atoms with Gasteiger partial charge in [0.2, 0.25) is 0 Å². The number of amides is 1. The Morgan fingerprint density at radius 1 is 1.42 bits per heavy atom. The molecule has 3 heterocycles. The highest BCUT2D eigenvalue weighted by Crippen LogP contribution is 2.24. The Kier molecular flexibility index (Phi) is 3.28. The van der Waals surface area contributed by atoms with Crippen LogP contribution in [0.1, 0.15) is 34.8 Å². The zero-order valence-electron chi connectivity index (χ0n) is 11.3. The molecule has 19 heavy (non-hydrogen) atoms. The van der Waals surface area contributed by atoms with Crippen LogP contribution in [0.25, 0.3) is 0 Å². The van der Waals surface area contributed by atoms with E-state index >= 15 is 0 Å². The van der Waals surface area contributed by atoms with Crippen molar-refractivity contribution in [2.45, 2.75) is 31.8 Å². The molecule has 1 saturated heterocycles. The smallest absolute Gasteiger partial charge is 0.284 e. The average molecular weight is 264 g/mol. The van der Waals surface area contributed by atoms with Crippen molar-refractivity contribution in [3.8, 4) is 0 Å². The third-order valence-corrected chi connectivity index (χ3v) is 4.21. The molecule has 1 aromatic rings. The first-order chi connectivity index (χ1) is 9.16. The fraction of sp³-hybridized carbons (Fsp3) is 0.692. The van der Waals surface area contributed by atoms with Crippen LogP contribution >= 0.6 is 0 Å². The summed E-state index contributed by atoms with van der Waals surface area (Å²) in [6.07, 6.45) is 3.11. The molecule has 6 nitrogen and oxygen atoms in total. The predicted octanol–water partition coefficient (Wildman–Crippen LogP) is 0.0561. The number of rotatable bonds is 2. The summed E-state index contributed by atoms with van der Waals surface area (Å²) in [6.45, 7) is 3.54. The van der Waals surface area contributed by atoms with E-state index in [1.54, 1.807) is 0 Å². The van der Waals surface area contributed by atoms with Crippen LogP contribution in [0.3, 0.4) is 0 Å². The Labute approximate surface area is 112 Å². The van der Waals surface area contributed by atoms with Gasteiger partial charge in [-0.25, -0.2) is 4.98 Å². The first-order valence-corrected chi connectivity index (χ1v) is 6.83. The van der Waals surface area contributed by atoms with Crippen molar-refractivity contribution in [1.82, 2.24) is 14.5 Å². The van der Waals surface area contributed by atoms with Gasteiger partial charge >= 0.3 is 0 Å². The van der Waals surface area contributed by atoms with Crippen molar-refractivity contribution in [2.24, 2.45) is 12.8 Å².